The van der Waals surface area contributed by atoms with Crippen LogP contribution in [-0.2, 0) is 4.79 Å². The van der Waals surface area contributed by atoms with Crippen molar-refractivity contribution in [1.29, 1.82) is 0 Å². The number of hydrogen-bond donors (Lipinski definition) is 0. The molecule has 1 amide bonds. The van der Waals surface area contributed by atoms with E-state index in [4.69, 9.17) is 16.0 Å². The maximum atomic E-state index is 12.6. The number of aromatic nitrogens is 2. The van der Waals surface area contributed by atoms with Crippen molar-refractivity contribution in [3.63, 3.8) is 0 Å². The van der Waals surface area contributed by atoms with E-state index in [2.05, 4.69) is 10.2 Å². The van der Waals surface area contributed by atoms with Gasteiger partial charge in [-0.05, 0) is 48.9 Å². The molecule has 1 aliphatic heterocycles. The lowest BCUT2D eigenvalue weighted by atomic mass is 9.75. The van der Waals surface area contributed by atoms with Crippen molar-refractivity contribution >= 4 is 29.3 Å². The van der Waals surface area contributed by atoms with Gasteiger partial charge in [0, 0.05) is 23.7 Å². The summed E-state index contributed by atoms with van der Waals surface area (Å²) >= 11 is 7.21. The van der Waals surface area contributed by atoms with Gasteiger partial charge in [0.05, 0.1) is 5.75 Å². The molecule has 1 aliphatic carbocycles. The summed E-state index contributed by atoms with van der Waals surface area (Å²) in [5, 5.41) is 9.18. The van der Waals surface area contributed by atoms with E-state index in [0.29, 0.717) is 27.8 Å². The molecule has 0 unspecified atom stereocenters. The molecule has 1 saturated carbocycles. The van der Waals surface area contributed by atoms with Crippen LogP contribution < -0.4 is 0 Å². The third-order valence-electron chi connectivity index (χ3n) is 5.46. The Kier molecular flexibility index (Phi) is 5.50. The van der Waals surface area contributed by atoms with E-state index in [1.165, 1.54) is 37.4 Å². The molecular weight excluding hydrogens is 370 g/mol. The minimum atomic E-state index is 0.172. The topological polar surface area (TPSA) is 59.2 Å². The highest BCUT2D eigenvalue weighted by Crippen LogP contribution is 2.36. The van der Waals surface area contributed by atoms with Gasteiger partial charge in [-0.1, -0.05) is 42.6 Å². The van der Waals surface area contributed by atoms with Gasteiger partial charge in [0.2, 0.25) is 11.8 Å². The first kappa shape index (κ1) is 17.9. The molecule has 2 atom stereocenters. The van der Waals surface area contributed by atoms with E-state index in [1.807, 2.05) is 17.0 Å². The average molecular weight is 392 g/mol. The second-order valence-electron chi connectivity index (χ2n) is 7.10. The smallest absolute Gasteiger partial charge is 0.277 e. The van der Waals surface area contributed by atoms with Crippen LogP contribution in [0.4, 0.5) is 0 Å². The molecule has 1 aromatic heterocycles. The zero-order valence-corrected chi connectivity index (χ0v) is 16.1. The van der Waals surface area contributed by atoms with Crippen LogP contribution in [0.3, 0.4) is 0 Å². The van der Waals surface area contributed by atoms with Gasteiger partial charge in [-0.3, -0.25) is 4.79 Å². The lowest BCUT2D eigenvalue weighted by Crippen LogP contribution is -2.45. The van der Waals surface area contributed by atoms with Gasteiger partial charge in [-0.2, -0.15) is 0 Å². The number of amides is 1. The van der Waals surface area contributed by atoms with Crippen LogP contribution in [0.2, 0.25) is 5.02 Å². The summed E-state index contributed by atoms with van der Waals surface area (Å²) in [4.78, 5) is 14.6. The minimum absolute atomic E-state index is 0.172. The Balaban J connectivity index is 1.31. The molecule has 0 bridgehead atoms. The van der Waals surface area contributed by atoms with Crippen molar-refractivity contribution in [2.45, 2.75) is 37.3 Å². The van der Waals surface area contributed by atoms with E-state index in [9.17, 15) is 4.79 Å². The monoisotopic (exact) mass is 391 g/mol. The van der Waals surface area contributed by atoms with Crippen LogP contribution in [-0.4, -0.2) is 39.8 Å². The third kappa shape index (κ3) is 4.07. The predicted molar refractivity (Wildman–Crippen MR) is 102 cm³/mol. The highest BCUT2D eigenvalue weighted by atomic mass is 35.5. The maximum absolute atomic E-state index is 12.6. The quantitative estimate of drug-likeness (QED) is 0.717. The van der Waals surface area contributed by atoms with Gasteiger partial charge in [-0.25, -0.2) is 0 Å². The zero-order valence-electron chi connectivity index (χ0n) is 14.6. The number of fused-ring (bicyclic) bond motifs is 1. The fourth-order valence-electron chi connectivity index (χ4n) is 4.02. The summed E-state index contributed by atoms with van der Waals surface area (Å²) in [5.41, 5.74) is 0.819. The Bertz CT molecular complexity index is 764. The van der Waals surface area contributed by atoms with Crippen LogP contribution in [0.1, 0.15) is 32.1 Å². The molecule has 138 valence electrons. The standard InChI is InChI=1S/C19H22ClN3O2S/c20-16-7-5-14(6-8-16)18-21-22-19(25-18)26-12-17(24)23-10-9-13-3-1-2-4-15(13)11-23/h5-8,13,15H,1-4,9-12H2/t13-,15-/m1/s1. The van der Waals surface area contributed by atoms with Crippen molar-refractivity contribution < 1.29 is 9.21 Å². The summed E-state index contributed by atoms with van der Waals surface area (Å²) in [6.07, 6.45) is 6.44. The fraction of sp³-hybridized carbons (Fsp3) is 0.526. The van der Waals surface area contributed by atoms with Crippen molar-refractivity contribution in [2.24, 2.45) is 11.8 Å². The van der Waals surface area contributed by atoms with Crippen molar-refractivity contribution in [3.05, 3.63) is 29.3 Å². The average Bonchev–Trinajstić information content (AvgIpc) is 3.15. The highest BCUT2D eigenvalue weighted by Gasteiger charge is 2.32. The number of rotatable bonds is 4. The van der Waals surface area contributed by atoms with E-state index in [0.717, 1.165) is 31.0 Å². The Morgan fingerprint density at radius 2 is 1.92 bits per heavy atom. The number of nitrogens with zero attached hydrogens (tertiary/aromatic N) is 3. The molecule has 1 aromatic carbocycles. The van der Waals surface area contributed by atoms with Gasteiger partial charge in [0.1, 0.15) is 0 Å². The molecular formula is C19H22ClN3O2S. The molecule has 4 rings (SSSR count). The molecule has 26 heavy (non-hydrogen) atoms. The number of likely N-dealkylation sites (tertiary alicyclic amines) is 1. The van der Waals surface area contributed by atoms with E-state index in [-0.39, 0.29) is 5.91 Å². The normalized spacial score (nSPS) is 22.9. The number of piperidine rings is 1. The van der Waals surface area contributed by atoms with Crippen LogP contribution in [0.15, 0.2) is 33.9 Å². The van der Waals surface area contributed by atoms with Crippen molar-refractivity contribution in [3.8, 4) is 11.5 Å². The molecule has 2 aromatic rings. The Hall–Kier alpha value is -1.53. The Labute approximate surface area is 162 Å². The molecule has 2 aliphatic rings. The summed E-state index contributed by atoms with van der Waals surface area (Å²) in [7, 11) is 0. The van der Waals surface area contributed by atoms with Crippen LogP contribution in [0, 0.1) is 11.8 Å². The lowest BCUT2D eigenvalue weighted by Gasteiger charge is -2.41. The van der Waals surface area contributed by atoms with Crippen LogP contribution in [0.25, 0.3) is 11.5 Å². The van der Waals surface area contributed by atoms with Gasteiger partial charge in [-0.15, -0.1) is 10.2 Å². The first-order valence-electron chi connectivity index (χ1n) is 9.19. The third-order valence-corrected chi connectivity index (χ3v) is 6.52. The predicted octanol–water partition coefficient (Wildman–Crippen LogP) is 4.52. The summed E-state index contributed by atoms with van der Waals surface area (Å²) in [5.74, 6) is 2.49. The van der Waals surface area contributed by atoms with Crippen molar-refractivity contribution in [2.75, 3.05) is 18.8 Å². The summed E-state index contributed by atoms with van der Waals surface area (Å²) < 4.78 is 5.66. The molecule has 5 nitrogen and oxygen atoms in total. The number of carbonyl (C=O) groups excluding carboxylic acids is 1. The number of halogens is 1. The fourth-order valence-corrected chi connectivity index (χ4v) is 4.81. The van der Waals surface area contributed by atoms with Gasteiger partial charge in [0.25, 0.3) is 5.22 Å². The molecule has 2 fully saturated rings. The van der Waals surface area contributed by atoms with Gasteiger partial charge >= 0.3 is 0 Å². The number of carbonyl (C=O) groups is 1. The van der Waals surface area contributed by atoms with E-state index in [1.54, 1.807) is 12.1 Å². The molecule has 1 saturated heterocycles. The van der Waals surface area contributed by atoms with E-state index >= 15 is 0 Å². The second kappa shape index (κ2) is 8.01. The minimum Gasteiger partial charge on any atom is -0.411 e. The zero-order chi connectivity index (χ0) is 17.9. The van der Waals surface area contributed by atoms with Crippen LogP contribution >= 0.6 is 23.4 Å². The maximum Gasteiger partial charge on any atom is 0.277 e. The molecule has 7 heteroatoms. The number of benzene rings is 1. The van der Waals surface area contributed by atoms with Gasteiger partial charge < -0.3 is 9.32 Å². The first-order chi connectivity index (χ1) is 12.7. The van der Waals surface area contributed by atoms with E-state index < -0.39 is 0 Å². The highest BCUT2D eigenvalue weighted by molar-refractivity contribution is 7.99. The summed E-state index contributed by atoms with van der Waals surface area (Å²) in [6, 6.07) is 7.24. The lowest BCUT2D eigenvalue weighted by molar-refractivity contribution is -0.131. The second-order valence-corrected chi connectivity index (χ2v) is 8.46. The molecule has 0 radical (unpaired) electrons. The number of thioether (sulfide) groups is 1. The molecule has 0 N–H and O–H groups in total. The molecule has 2 heterocycles. The Morgan fingerprint density at radius 3 is 2.73 bits per heavy atom. The summed E-state index contributed by atoms with van der Waals surface area (Å²) in [6.45, 7) is 1.81. The number of hydrogen-bond acceptors (Lipinski definition) is 5. The molecule has 0 spiro atoms. The largest absolute Gasteiger partial charge is 0.411 e. The Morgan fingerprint density at radius 1 is 1.15 bits per heavy atom. The SMILES string of the molecule is O=C(CSc1nnc(-c2ccc(Cl)cc2)o1)N1CC[C@H]2CCCC[C@@H]2C1. The van der Waals surface area contributed by atoms with Gasteiger partial charge in [0.15, 0.2) is 0 Å². The first-order valence-corrected chi connectivity index (χ1v) is 10.6. The van der Waals surface area contributed by atoms with Crippen molar-refractivity contribution in [1.82, 2.24) is 15.1 Å². The van der Waals surface area contributed by atoms with Crippen LogP contribution in [0.5, 0.6) is 0 Å².